The summed E-state index contributed by atoms with van der Waals surface area (Å²) < 4.78 is 5.76. The highest BCUT2D eigenvalue weighted by Gasteiger charge is 2.20. The van der Waals surface area contributed by atoms with Crippen molar-refractivity contribution in [3.05, 3.63) is 417 Å². The molecule has 4 heterocycles. The van der Waals surface area contributed by atoms with E-state index in [1.807, 2.05) is 115 Å². The van der Waals surface area contributed by atoms with Crippen LogP contribution in [0.4, 0.5) is 28.4 Å². The van der Waals surface area contributed by atoms with E-state index in [4.69, 9.17) is 19.9 Å². The van der Waals surface area contributed by atoms with Crippen LogP contribution < -0.4 is 10.2 Å². The molecule has 1 N–H and O–H groups in total. The lowest BCUT2D eigenvalue weighted by molar-refractivity contribution is 1.18. The monoisotopic (exact) mass is 1510 g/mol. The molecule has 0 fully saturated rings. The molecule has 540 valence electrons. The first-order valence-electron chi connectivity index (χ1n) is 36.5. The van der Waals surface area contributed by atoms with E-state index in [0.717, 1.165) is 106 Å². The van der Waals surface area contributed by atoms with Gasteiger partial charge in [-0.2, -0.15) is 0 Å². The molecule has 20 rings (SSSR count). The molecule has 0 radical (unpaired) electrons. The van der Waals surface area contributed by atoms with E-state index in [1.54, 1.807) is 0 Å². The third kappa shape index (κ3) is 15.0. The molecule has 8 nitrogen and oxygen atoms in total. The van der Waals surface area contributed by atoms with Gasteiger partial charge in [-0.25, -0.2) is 19.9 Å². The summed E-state index contributed by atoms with van der Waals surface area (Å²) in [5.41, 5.74) is 28.7. The Bertz CT molecular complexity index is 6580. The second kappa shape index (κ2) is 33.2. The van der Waals surface area contributed by atoms with Crippen molar-refractivity contribution in [2.24, 2.45) is 0 Å². The van der Waals surface area contributed by atoms with Gasteiger partial charge in [0.25, 0.3) is 0 Å². The van der Waals surface area contributed by atoms with Crippen LogP contribution in [0.15, 0.2) is 417 Å². The van der Waals surface area contributed by atoms with Gasteiger partial charge in [0.05, 0.1) is 66.9 Å². The number of para-hydroxylation sites is 10. The quantitative estimate of drug-likeness (QED) is 0.124. The summed E-state index contributed by atoms with van der Waals surface area (Å²) in [6, 6.07) is 144. The van der Waals surface area contributed by atoms with Gasteiger partial charge < -0.3 is 19.4 Å². The van der Waals surface area contributed by atoms with Gasteiger partial charge >= 0.3 is 0 Å². The largest absolute Gasteiger partial charge is 0.356 e. The van der Waals surface area contributed by atoms with E-state index in [2.05, 4.69) is 333 Å². The Balaban J connectivity index is 0.000000145. The predicted octanol–water partition coefficient (Wildman–Crippen LogP) is 29.0. The van der Waals surface area contributed by atoms with E-state index in [1.165, 1.54) is 71.6 Å². The summed E-state index contributed by atoms with van der Waals surface area (Å²) >= 11 is 3.49. The molecule has 0 saturated heterocycles. The summed E-state index contributed by atoms with van der Waals surface area (Å²) in [5.74, 6) is 0. The second-order valence-corrected chi connectivity index (χ2v) is 27.6. The Morgan fingerprint density at radius 1 is 0.223 bits per heavy atom. The fraction of sp³-hybridized carbons (Fsp3) is 0.0291. The first-order valence-corrected chi connectivity index (χ1v) is 37.3. The van der Waals surface area contributed by atoms with Crippen LogP contribution in [-0.2, 0) is 0 Å². The van der Waals surface area contributed by atoms with Crippen LogP contribution in [0, 0.1) is 0 Å². The van der Waals surface area contributed by atoms with E-state index < -0.39 is 0 Å². The molecule has 0 saturated carbocycles. The van der Waals surface area contributed by atoms with E-state index in [-0.39, 0.29) is 22.3 Å². The lowest BCUT2D eigenvalue weighted by atomic mass is 10.0. The maximum atomic E-state index is 5.13. The van der Waals surface area contributed by atoms with Gasteiger partial charge in [-0.05, 0) is 180 Å². The third-order valence-corrected chi connectivity index (χ3v) is 20.4. The van der Waals surface area contributed by atoms with Crippen molar-refractivity contribution in [1.82, 2.24) is 29.1 Å². The van der Waals surface area contributed by atoms with Crippen molar-refractivity contribution < 1.29 is 0 Å². The lowest BCUT2D eigenvalue weighted by Gasteiger charge is -2.26. The Labute approximate surface area is 662 Å². The Morgan fingerprint density at radius 2 is 0.500 bits per heavy atom. The van der Waals surface area contributed by atoms with Crippen LogP contribution >= 0.6 is 15.9 Å². The zero-order valence-electron chi connectivity index (χ0n) is 59.3. The number of rotatable bonds is 13. The molecule has 20 aromatic rings. The number of anilines is 5. The molecule has 0 bridgehead atoms. The normalized spacial score (nSPS) is 10.9. The molecule has 0 amide bonds. The highest BCUT2D eigenvalue weighted by atomic mass is 79.9. The van der Waals surface area contributed by atoms with Gasteiger partial charge in [0.1, 0.15) is 0 Å². The van der Waals surface area contributed by atoms with Gasteiger partial charge in [-0.1, -0.05) is 293 Å². The fourth-order valence-electron chi connectivity index (χ4n) is 14.7. The maximum Gasteiger partial charge on any atom is 0.0973 e. The number of nitrogens with one attached hydrogen (secondary N) is 1. The van der Waals surface area contributed by atoms with Crippen molar-refractivity contribution in [3.8, 4) is 78.7 Å². The topological polar surface area (TPSA) is 76.7 Å². The summed E-state index contributed by atoms with van der Waals surface area (Å²) in [6.45, 7) is 0. The third-order valence-electron chi connectivity index (χ3n) is 19.9. The first-order chi connectivity index (χ1) is 54.0. The number of aromatic nitrogens is 6. The second-order valence-electron chi connectivity index (χ2n) is 26.7. The minimum Gasteiger partial charge on any atom is -0.356 e. The van der Waals surface area contributed by atoms with Crippen molar-refractivity contribution in [1.29, 1.82) is 0 Å². The molecule has 112 heavy (non-hydrogen) atoms. The van der Waals surface area contributed by atoms with Crippen LogP contribution in [0.25, 0.3) is 144 Å². The molecule has 4 aromatic heterocycles. The molecule has 9 heteroatoms. The molecular formula is C103H81BrN8. The number of hydrogen-bond acceptors (Lipinski definition) is 6. The van der Waals surface area contributed by atoms with E-state index in [9.17, 15) is 0 Å². The van der Waals surface area contributed by atoms with Gasteiger partial charge in [0.15, 0.2) is 0 Å². The van der Waals surface area contributed by atoms with Crippen LogP contribution in [0.1, 0.15) is 22.3 Å². The molecule has 16 aromatic carbocycles. The lowest BCUT2D eigenvalue weighted by Crippen LogP contribution is -2.09. The number of halogens is 1. The van der Waals surface area contributed by atoms with Crippen LogP contribution in [0.5, 0.6) is 0 Å². The smallest absolute Gasteiger partial charge is 0.0973 e. The van der Waals surface area contributed by atoms with Crippen LogP contribution in [-0.4, -0.2) is 29.1 Å². The highest BCUT2D eigenvalue weighted by Crippen LogP contribution is 2.42. The number of fused-ring (bicyclic) bond motifs is 8. The minimum atomic E-state index is 0. The number of hydrogen-bond donors (Lipinski definition) is 1. The standard InChI is InChI=1S/C50H34N4.C30H22N2.C20H13BrN2.3CH4/c1-4-14-36(15-5-1)49-50(52-46-22-12-11-21-45(46)51-49)37-26-31-42(32-27-37)53(39-16-6-2-7-17-39)41-29-24-35(25-30-41)38-28-33-48-44(34-38)43-20-10-13-23-47(43)54(48)40-18-8-3-9-19-40;1-3-9-24(10-4-1)31-25-18-15-22(16-19-25)23-17-20-30-28(21-23)27-13-7-8-14-29(27)32(30)26-11-5-2-6-12-26;21-16-12-10-15(11-13-16)20-19(14-6-2-1-3-7-14)22-17-8-4-5-9-18(17)23-20;;;/h1-34H;1-21,31H;1-13H;3*1H4. The SMILES string of the molecule is Brc1ccc(-c2nc3ccccc3nc2-c2ccccc2)cc1.C.C.C.c1ccc(-c2nc3ccccc3nc2-c2ccc(N(c3ccccc3)c3ccc(-c4ccc5c(c4)c4ccccc4n5-c4ccccc4)cc3)cc2)cc1.c1ccc(Nc2ccc(-c3ccc4c(c3)c3ccccc3n4-c3ccccc3)cc2)cc1. The van der Waals surface area contributed by atoms with Gasteiger partial charge in [-0.3, -0.25) is 0 Å². The number of benzene rings is 16. The van der Waals surface area contributed by atoms with Gasteiger partial charge in [-0.15, -0.1) is 0 Å². The summed E-state index contributed by atoms with van der Waals surface area (Å²) in [4.78, 5) is 22.2. The molecule has 0 unspecified atom stereocenters. The summed E-state index contributed by atoms with van der Waals surface area (Å²) in [5, 5.41) is 8.49. The maximum absolute atomic E-state index is 5.13. The van der Waals surface area contributed by atoms with Crippen molar-refractivity contribution in [3.63, 3.8) is 0 Å². The Morgan fingerprint density at radius 3 is 0.902 bits per heavy atom. The fourth-order valence-corrected chi connectivity index (χ4v) is 14.9. The Hall–Kier alpha value is -14.1. The molecule has 0 spiro atoms. The molecule has 0 aliphatic heterocycles. The van der Waals surface area contributed by atoms with Gasteiger partial charge in [0.2, 0.25) is 0 Å². The minimum absolute atomic E-state index is 0. The van der Waals surface area contributed by atoms with E-state index >= 15 is 0 Å². The first kappa shape index (κ1) is 73.4. The van der Waals surface area contributed by atoms with Crippen molar-refractivity contribution in [2.75, 3.05) is 10.2 Å². The molecule has 0 atom stereocenters. The van der Waals surface area contributed by atoms with Crippen molar-refractivity contribution in [2.45, 2.75) is 22.3 Å². The molecule has 0 aliphatic carbocycles. The average Bonchev–Trinajstić information content (AvgIpc) is 1.57. The summed E-state index contributed by atoms with van der Waals surface area (Å²) in [7, 11) is 0. The zero-order valence-corrected chi connectivity index (χ0v) is 60.9. The highest BCUT2D eigenvalue weighted by molar-refractivity contribution is 9.10. The molecule has 0 aliphatic rings. The number of nitrogens with zero attached hydrogens (tertiary/aromatic N) is 7. The summed E-state index contributed by atoms with van der Waals surface area (Å²) in [6.07, 6.45) is 0. The van der Waals surface area contributed by atoms with Crippen molar-refractivity contribution >= 4 is 110 Å². The van der Waals surface area contributed by atoms with E-state index in [0.29, 0.717) is 0 Å². The predicted molar refractivity (Wildman–Crippen MR) is 479 cm³/mol. The Kier molecular flexibility index (Phi) is 21.7. The van der Waals surface area contributed by atoms with Gasteiger partial charge in [0, 0.05) is 88.1 Å². The molecular weight excluding hydrogens is 1430 g/mol. The van der Waals surface area contributed by atoms with Crippen LogP contribution in [0.3, 0.4) is 0 Å². The average molecular weight is 1510 g/mol. The van der Waals surface area contributed by atoms with Crippen LogP contribution in [0.2, 0.25) is 0 Å². The zero-order chi connectivity index (χ0) is 72.8.